The van der Waals surface area contributed by atoms with Gasteiger partial charge in [0.25, 0.3) is 0 Å². The minimum absolute atomic E-state index is 0. The van der Waals surface area contributed by atoms with Crippen molar-refractivity contribution in [3.63, 3.8) is 0 Å². The first-order chi connectivity index (χ1) is 31.9. The molecule has 0 spiro atoms. The molecule has 68 heavy (non-hydrogen) atoms. The number of sulfonamides is 2. The lowest BCUT2D eigenvalue weighted by Gasteiger charge is -2.32. The predicted octanol–water partition coefficient (Wildman–Crippen LogP) is 8.23. The quantitative estimate of drug-likeness (QED) is 0.0779. The van der Waals surface area contributed by atoms with E-state index in [4.69, 9.17) is 10.3 Å². The predicted molar refractivity (Wildman–Crippen MR) is 274 cm³/mol. The Kier molecular flexibility index (Phi) is 19.2. The van der Waals surface area contributed by atoms with E-state index in [1.165, 1.54) is 58.1 Å². The molecule has 0 aliphatic carbocycles. The van der Waals surface area contributed by atoms with E-state index in [-0.39, 0.29) is 52.9 Å². The highest BCUT2D eigenvalue weighted by atomic mass is 79.9. The highest BCUT2D eigenvalue weighted by Gasteiger charge is 2.28. The van der Waals surface area contributed by atoms with Gasteiger partial charge in [0.15, 0.2) is 0 Å². The van der Waals surface area contributed by atoms with Crippen LogP contribution in [0.1, 0.15) is 79.0 Å². The Hall–Kier alpha value is -5.29. The van der Waals surface area contributed by atoms with Gasteiger partial charge in [0.2, 0.25) is 31.9 Å². The molecule has 2 aliphatic heterocycles. The van der Waals surface area contributed by atoms with E-state index >= 15 is 0 Å². The van der Waals surface area contributed by atoms with E-state index in [9.17, 15) is 36.9 Å². The van der Waals surface area contributed by atoms with Gasteiger partial charge in [-0.15, -0.1) is 35.1 Å². The van der Waals surface area contributed by atoms with Crippen LogP contribution in [0.15, 0.2) is 119 Å². The van der Waals surface area contributed by atoms with Crippen LogP contribution in [0.3, 0.4) is 0 Å². The molecule has 20 heteroatoms. The number of carbonyl (C=O) groups excluding carboxylic acids is 2. The number of halogens is 2. The van der Waals surface area contributed by atoms with E-state index in [2.05, 4.69) is 87.0 Å². The lowest BCUT2D eigenvalue weighted by atomic mass is 10.00. The molecule has 356 valence electrons. The third-order valence-corrected chi connectivity index (χ3v) is 15.7. The third kappa shape index (κ3) is 14.4. The molecule has 2 aromatic heterocycles. The Morgan fingerprint density at radius 2 is 1.15 bits per heavy atom. The van der Waals surface area contributed by atoms with Gasteiger partial charge in [-0.25, -0.2) is 27.1 Å². The minimum Gasteiger partial charge on any atom is -0.316 e. The van der Waals surface area contributed by atoms with E-state index in [1.54, 1.807) is 24.3 Å². The Bertz CT molecular complexity index is 3010. The lowest BCUT2D eigenvalue weighted by Crippen LogP contribution is -2.32. The summed E-state index contributed by atoms with van der Waals surface area (Å²) in [7, 11) is -7.52. The number of amides is 2. The smallest absolute Gasteiger partial charge is 0.238 e. The maximum atomic E-state index is 12.6. The molecule has 14 nitrogen and oxygen atoms in total. The van der Waals surface area contributed by atoms with Crippen molar-refractivity contribution in [3.8, 4) is 12.1 Å². The average molecular weight is 1080 g/mol. The van der Waals surface area contributed by atoms with Crippen molar-refractivity contribution >= 4 is 92.9 Å². The first-order valence-corrected chi connectivity index (χ1v) is 26.7. The van der Waals surface area contributed by atoms with Crippen molar-refractivity contribution < 1.29 is 26.4 Å². The first-order valence-electron chi connectivity index (χ1n) is 21.1. The molecule has 4 aromatic carbocycles. The van der Waals surface area contributed by atoms with Crippen molar-refractivity contribution in [2.24, 2.45) is 10.3 Å². The summed E-state index contributed by atoms with van der Waals surface area (Å²) in [4.78, 5) is 29.9. The van der Waals surface area contributed by atoms with Gasteiger partial charge in [-0.05, 0) is 90.9 Å². The fraction of sp³-hybridized carbons (Fsp3) is 0.250. The monoisotopic (exact) mass is 1080 g/mol. The Morgan fingerprint density at radius 1 is 0.706 bits per heavy atom. The fourth-order valence-electron chi connectivity index (χ4n) is 7.47. The van der Waals surface area contributed by atoms with Crippen LogP contribution >= 0.6 is 51.0 Å². The van der Waals surface area contributed by atoms with Crippen LogP contribution in [0.5, 0.6) is 0 Å². The summed E-state index contributed by atoms with van der Waals surface area (Å²) in [5, 5.41) is 39.4. The number of hydrogen-bond acceptors (Lipinski definition) is 12. The number of nitrogens with two attached hydrogens (primary N) is 2. The van der Waals surface area contributed by atoms with Crippen molar-refractivity contribution in [2.75, 3.05) is 23.7 Å². The summed E-state index contributed by atoms with van der Waals surface area (Å²) < 4.78 is 45.2. The van der Waals surface area contributed by atoms with Gasteiger partial charge in [0, 0.05) is 40.3 Å². The summed E-state index contributed by atoms with van der Waals surface area (Å²) in [5.74, 6) is -0.519. The van der Waals surface area contributed by atoms with Crippen LogP contribution in [0, 0.1) is 22.7 Å². The summed E-state index contributed by atoms with van der Waals surface area (Å²) in [5.41, 5.74) is 7.01. The number of carbonyl (C=O) groups is 2. The first kappa shape index (κ1) is 53.7. The minimum atomic E-state index is -3.78. The molecule has 2 unspecified atom stereocenters. The van der Waals surface area contributed by atoms with Gasteiger partial charge >= 0.3 is 0 Å². The summed E-state index contributed by atoms with van der Waals surface area (Å²) in [6, 6.07) is 37.1. The normalized spacial score (nSPS) is 14.0. The lowest BCUT2D eigenvalue weighted by molar-refractivity contribution is -0.116. The van der Waals surface area contributed by atoms with Gasteiger partial charge in [-0.1, -0.05) is 101 Å². The number of nitriles is 2. The van der Waals surface area contributed by atoms with Crippen molar-refractivity contribution in [1.29, 1.82) is 10.5 Å². The Labute approximate surface area is 420 Å². The zero-order valence-electron chi connectivity index (χ0n) is 37.1. The summed E-state index contributed by atoms with van der Waals surface area (Å²) in [6.07, 6.45) is 1.68. The Balaban J connectivity index is 0.000000217. The van der Waals surface area contributed by atoms with Crippen LogP contribution in [-0.4, -0.2) is 46.6 Å². The summed E-state index contributed by atoms with van der Waals surface area (Å²) in [6.45, 7) is 7.41. The second-order valence-electron chi connectivity index (χ2n) is 15.7. The highest BCUT2D eigenvalue weighted by Crippen LogP contribution is 2.39. The molecule has 2 aliphatic rings. The van der Waals surface area contributed by atoms with Crippen molar-refractivity contribution in [3.05, 3.63) is 163 Å². The number of fused-ring (bicyclic) bond motifs is 2. The number of benzene rings is 4. The standard InChI is InChI=1S/C24H24N4O3S2.C16H16N4O3S2.C8H9Br.ClH/c1-16(18-5-3-2-4-6-18)28-12-11-20-21(14-25)24(32-22(20)15-28)27-23(29)13-17-7-9-19(10-8-17)33(26,30)31;17-8-13-12-5-6-19-9-14(12)24-16(13)20-15(21)7-10-1-3-11(4-2-10)25(18,22)23;1-7(9)8-5-3-2-4-6-8;/h2-10,16H,11-13,15H2,1H3,(H,27,29)(H2,26,30,31);1-4,19H,5-7,9H2,(H,20,21)(H2,18,22,23);2-7H,1H3;1H. The molecule has 0 saturated heterocycles. The molecule has 2 amide bonds. The molecule has 2 atom stereocenters. The van der Waals surface area contributed by atoms with Crippen LogP contribution < -0.4 is 26.2 Å². The summed E-state index contributed by atoms with van der Waals surface area (Å²) >= 11 is 6.36. The Morgan fingerprint density at radius 3 is 1.57 bits per heavy atom. The molecule has 4 heterocycles. The van der Waals surface area contributed by atoms with Crippen LogP contribution in [-0.2, 0) is 68.4 Å². The number of anilines is 2. The second kappa shape index (κ2) is 24.3. The number of thiophene rings is 2. The van der Waals surface area contributed by atoms with Gasteiger partial charge in [-0.2, -0.15) is 10.5 Å². The van der Waals surface area contributed by atoms with Crippen molar-refractivity contribution in [1.82, 2.24) is 10.2 Å². The van der Waals surface area contributed by atoms with Crippen LogP contribution in [0.25, 0.3) is 0 Å². The van der Waals surface area contributed by atoms with Crippen LogP contribution in [0.2, 0.25) is 0 Å². The van der Waals surface area contributed by atoms with E-state index < -0.39 is 20.0 Å². The van der Waals surface area contributed by atoms with E-state index in [1.807, 2.05) is 36.4 Å². The number of rotatable bonds is 11. The van der Waals surface area contributed by atoms with Gasteiger partial charge in [-0.3, -0.25) is 14.5 Å². The van der Waals surface area contributed by atoms with Crippen molar-refractivity contribution in [2.45, 2.75) is 73.3 Å². The van der Waals surface area contributed by atoms with Gasteiger partial charge < -0.3 is 16.0 Å². The molecule has 0 bridgehead atoms. The van der Waals surface area contributed by atoms with Gasteiger partial charge in [0.05, 0.1) is 33.8 Å². The molecule has 0 radical (unpaired) electrons. The molecule has 7 N–H and O–H groups in total. The second-order valence-corrected chi connectivity index (χ2v) is 22.4. The third-order valence-electron chi connectivity index (χ3n) is 11.1. The SMILES string of the molecule is CC(Br)c1ccccc1.CC(c1ccccc1)N1CCc2c(sc(NC(=O)Cc3ccc(S(N)(=O)=O)cc3)c2C#N)C1.Cl.N#Cc1c(NC(=O)Cc2ccc(S(N)(=O)=O)cc2)sc2c1CCNC2. The van der Waals surface area contributed by atoms with Gasteiger partial charge in [0.1, 0.15) is 22.1 Å². The number of nitrogens with one attached hydrogen (secondary N) is 3. The molecular weight excluding hydrogens is 1030 g/mol. The average Bonchev–Trinajstić information content (AvgIpc) is 3.85. The number of primary sulfonamides is 2. The van der Waals surface area contributed by atoms with Crippen LogP contribution in [0.4, 0.5) is 10.0 Å². The maximum Gasteiger partial charge on any atom is 0.238 e. The maximum absolute atomic E-state index is 12.6. The largest absolute Gasteiger partial charge is 0.316 e. The fourth-order valence-corrected chi connectivity index (χ4v) is 11.2. The zero-order valence-corrected chi connectivity index (χ0v) is 42.7. The number of alkyl halides is 1. The topological polar surface area (TPSA) is 241 Å². The zero-order chi connectivity index (χ0) is 48.3. The molecule has 0 fully saturated rings. The molecular formula is C48H50BrClN8O6S4. The van der Waals surface area contributed by atoms with E-state index in [0.717, 1.165) is 53.4 Å². The highest BCUT2D eigenvalue weighted by molar-refractivity contribution is 9.09. The number of hydrogen-bond donors (Lipinski definition) is 5. The molecule has 0 saturated carbocycles. The number of nitrogens with zero attached hydrogens (tertiary/aromatic N) is 3. The molecule has 6 aromatic rings. The van der Waals surface area contributed by atoms with E-state index in [0.29, 0.717) is 43.6 Å². The molecule has 8 rings (SSSR count).